The lowest BCUT2D eigenvalue weighted by Crippen LogP contribution is -2.42. The lowest BCUT2D eigenvalue weighted by molar-refractivity contribution is -0.136. The monoisotopic (exact) mass is 483 g/mol. The van der Waals surface area contributed by atoms with Crippen molar-refractivity contribution in [2.75, 3.05) is 0 Å². The minimum absolute atomic E-state index is 0.0440. The van der Waals surface area contributed by atoms with E-state index >= 15 is 0 Å². The van der Waals surface area contributed by atoms with Gasteiger partial charge in [-0.25, -0.2) is 4.79 Å². The lowest BCUT2D eigenvalue weighted by atomic mass is 10.00. The van der Waals surface area contributed by atoms with Crippen molar-refractivity contribution >= 4 is 29.0 Å². The zero-order valence-electron chi connectivity index (χ0n) is 19.5. The number of para-hydroxylation sites is 1. The zero-order chi connectivity index (χ0) is 24.8. The minimum atomic E-state index is -0.734. The summed E-state index contributed by atoms with van der Waals surface area (Å²) < 4.78 is 5.38. The van der Waals surface area contributed by atoms with Crippen molar-refractivity contribution in [3.05, 3.63) is 101 Å². The molecule has 0 aliphatic carbocycles. The molecule has 0 bridgehead atoms. The summed E-state index contributed by atoms with van der Waals surface area (Å²) >= 11 is 1.33. The van der Waals surface area contributed by atoms with Crippen LogP contribution in [0.4, 0.5) is 0 Å². The highest BCUT2D eigenvalue weighted by molar-refractivity contribution is 7.12. The van der Waals surface area contributed by atoms with Gasteiger partial charge in [0.25, 0.3) is 5.91 Å². The van der Waals surface area contributed by atoms with E-state index in [4.69, 9.17) is 4.74 Å². The lowest BCUT2D eigenvalue weighted by Gasteiger charge is -2.15. The molecule has 0 saturated heterocycles. The number of ether oxygens (including phenoxy) is 1. The molecule has 3 aromatic carbocycles. The molecular formula is C29H25NO4S. The summed E-state index contributed by atoms with van der Waals surface area (Å²) in [4.78, 5) is 37.3. The number of Topliss-reactive ketones (excluding diaryl/α,β-unsaturated/α-hetero) is 1. The van der Waals surface area contributed by atoms with Gasteiger partial charge in [0.05, 0.1) is 4.88 Å². The number of ketones is 1. The van der Waals surface area contributed by atoms with Gasteiger partial charge in [0.15, 0.2) is 5.78 Å². The summed E-state index contributed by atoms with van der Waals surface area (Å²) in [6.45, 7) is 3.38. The highest BCUT2D eigenvalue weighted by atomic mass is 32.1. The molecule has 1 amide bonds. The van der Waals surface area contributed by atoms with Crippen molar-refractivity contribution in [2.24, 2.45) is 0 Å². The van der Waals surface area contributed by atoms with Crippen LogP contribution in [0.5, 0.6) is 5.75 Å². The van der Waals surface area contributed by atoms with Gasteiger partial charge in [-0.15, -0.1) is 11.3 Å². The van der Waals surface area contributed by atoms with Crippen molar-refractivity contribution in [1.82, 2.24) is 5.32 Å². The SMILES string of the molecule is CC[C@H](NC(=O)c1cc(-c2ccc(-c3ccc(C(C)=O)cc3)cc2)cs1)C(=O)Oc1ccccc1. The summed E-state index contributed by atoms with van der Waals surface area (Å²) in [6, 6.07) is 25.5. The van der Waals surface area contributed by atoms with Gasteiger partial charge < -0.3 is 10.1 Å². The second kappa shape index (κ2) is 10.9. The molecule has 0 fully saturated rings. The second-order valence-electron chi connectivity index (χ2n) is 8.08. The van der Waals surface area contributed by atoms with Gasteiger partial charge in [-0.1, -0.05) is 73.7 Å². The zero-order valence-corrected chi connectivity index (χ0v) is 20.3. The molecule has 6 heteroatoms. The number of hydrogen-bond donors (Lipinski definition) is 1. The van der Waals surface area contributed by atoms with E-state index in [1.165, 1.54) is 11.3 Å². The molecule has 4 rings (SSSR count). The number of amides is 1. The van der Waals surface area contributed by atoms with Crippen LogP contribution in [-0.4, -0.2) is 23.7 Å². The highest BCUT2D eigenvalue weighted by Crippen LogP contribution is 2.29. The number of benzene rings is 3. The number of rotatable bonds is 8. The van der Waals surface area contributed by atoms with Crippen LogP contribution in [0.25, 0.3) is 22.3 Å². The first kappa shape index (κ1) is 24.1. The molecule has 5 nitrogen and oxygen atoms in total. The molecule has 4 aromatic rings. The molecule has 0 radical (unpaired) electrons. The van der Waals surface area contributed by atoms with Gasteiger partial charge in [-0.2, -0.15) is 0 Å². The molecule has 0 aliphatic heterocycles. The summed E-state index contributed by atoms with van der Waals surface area (Å²) in [5.41, 5.74) is 4.67. The fraction of sp³-hybridized carbons (Fsp3) is 0.138. The van der Waals surface area contributed by atoms with E-state index in [0.29, 0.717) is 22.6 Å². The second-order valence-corrected chi connectivity index (χ2v) is 8.99. The topological polar surface area (TPSA) is 72.5 Å². The summed E-state index contributed by atoms with van der Waals surface area (Å²) in [7, 11) is 0. The molecule has 1 atom stereocenters. The van der Waals surface area contributed by atoms with Crippen molar-refractivity contribution in [3.8, 4) is 28.0 Å². The Morgan fingerprint density at radius 3 is 1.97 bits per heavy atom. The van der Waals surface area contributed by atoms with Crippen LogP contribution in [0.3, 0.4) is 0 Å². The van der Waals surface area contributed by atoms with E-state index in [2.05, 4.69) is 5.32 Å². The molecule has 0 aliphatic rings. The Morgan fingerprint density at radius 2 is 1.40 bits per heavy atom. The van der Waals surface area contributed by atoms with E-state index in [1.807, 2.05) is 73.0 Å². The Bertz CT molecular complexity index is 1330. The van der Waals surface area contributed by atoms with E-state index in [9.17, 15) is 14.4 Å². The van der Waals surface area contributed by atoms with Gasteiger partial charge in [0, 0.05) is 5.56 Å². The molecular weight excluding hydrogens is 458 g/mol. The smallest absolute Gasteiger partial charge is 0.334 e. The van der Waals surface area contributed by atoms with Crippen LogP contribution >= 0.6 is 11.3 Å². The van der Waals surface area contributed by atoms with Gasteiger partial charge in [-0.3, -0.25) is 9.59 Å². The number of thiophene rings is 1. The molecule has 1 aromatic heterocycles. The number of nitrogens with one attached hydrogen (secondary N) is 1. The predicted molar refractivity (Wildman–Crippen MR) is 139 cm³/mol. The molecule has 35 heavy (non-hydrogen) atoms. The Labute approximate surface area is 208 Å². The molecule has 176 valence electrons. The standard InChI is InChI=1S/C29H25NO4S/c1-3-26(29(33)34-25-7-5-4-6-8-25)30-28(32)27-17-24(18-35-27)23-15-13-22(14-16-23)21-11-9-20(10-12-21)19(2)31/h4-18,26H,3H2,1-2H3,(H,30,32)/t26-/m0/s1. The van der Waals surface area contributed by atoms with Gasteiger partial charge >= 0.3 is 5.97 Å². The third-order valence-corrected chi connectivity index (χ3v) is 6.55. The van der Waals surface area contributed by atoms with Crippen LogP contribution in [0.1, 0.15) is 40.3 Å². The maximum Gasteiger partial charge on any atom is 0.334 e. The normalized spacial score (nSPS) is 11.5. The minimum Gasteiger partial charge on any atom is -0.425 e. The summed E-state index contributed by atoms with van der Waals surface area (Å²) in [5.74, 6) is -0.305. The van der Waals surface area contributed by atoms with E-state index < -0.39 is 12.0 Å². The molecule has 0 unspecified atom stereocenters. The molecule has 1 N–H and O–H groups in total. The van der Waals surface area contributed by atoms with Gasteiger partial charge in [-0.05, 0) is 59.2 Å². The van der Waals surface area contributed by atoms with Gasteiger partial charge in [0.1, 0.15) is 11.8 Å². The Hall–Kier alpha value is -4.03. The molecule has 0 saturated carbocycles. The quantitative estimate of drug-likeness (QED) is 0.179. The third kappa shape index (κ3) is 5.91. The van der Waals surface area contributed by atoms with Crippen molar-refractivity contribution in [3.63, 3.8) is 0 Å². The number of carbonyl (C=O) groups is 3. The predicted octanol–water partition coefficient (Wildman–Crippen LogP) is 6.40. The van der Waals surface area contributed by atoms with Crippen molar-refractivity contribution < 1.29 is 19.1 Å². The average molecular weight is 484 g/mol. The van der Waals surface area contributed by atoms with Crippen LogP contribution < -0.4 is 10.1 Å². The third-order valence-electron chi connectivity index (χ3n) is 5.63. The Balaban J connectivity index is 1.41. The average Bonchev–Trinajstić information content (AvgIpc) is 3.38. The summed E-state index contributed by atoms with van der Waals surface area (Å²) in [6.07, 6.45) is 0.421. The largest absolute Gasteiger partial charge is 0.425 e. The first-order valence-electron chi connectivity index (χ1n) is 11.3. The number of carbonyl (C=O) groups excluding carboxylic acids is 3. The molecule has 1 heterocycles. The van der Waals surface area contributed by atoms with E-state index in [-0.39, 0.29) is 11.7 Å². The highest BCUT2D eigenvalue weighted by Gasteiger charge is 2.22. The maximum atomic E-state index is 12.8. The first-order chi connectivity index (χ1) is 16.9. The van der Waals surface area contributed by atoms with Crippen LogP contribution in [-0.2, 0) is 4.79 Å². The van der Waals surface area contributed by atoms with Crippen molar-refractivity contribution in [2.45, 2.75) is 26.3 Å². The Kier molecular flexibility index (Phi) is 7.53. The first-order valence-corrected chi connectivity index (χ1v) is 12.2. The van der Waals surface area contributed by atoms with Crippen molar-refractivity contribution in [1.29, 1.82) is 0 Å². The fourth-order valence-corrected chi connectivity index (χ4v) is 4.41. The molecule has 0 spiro atoms. The van der Waals surface area contributed by atoms with Crippen LogP contribution in [0.15, 0.2) is 90.3 Å². The van der Waals surface area contributed by atoms with Crippen LogP contribution in [0, 0.1) is 0 Å². The fourth-order valence-electron chi connectivity index (χ4n) is 3.59. The summed E-state index contributed by atoms with van der Waals surface area (Å²) in [5, 5.41) is 4.71. The van der Waals surface area contributed by atoms with E-state index in [1.54, 1.807) is 31.2 Å². The van der Waals surface area contributed by atoms with Crippen LogP contribution in [0.2, 0.25) is 0 Å². The number of hydrogen-bond acceptors (Lipinski definition) is 5. The van der Waals surface area contributed by atoms with Gasteiger partial charge in [0.2, 0.25) is 0 Å². The maximum absolute atomic E-state index is 12.8. The van der Waals surface area contributed by atoms with E-state index in [0.717, 1.165) is 22.3 Å². The number of esters is 1. The Morgan fingerprint density at radius 1 is 0.829 bits per heavy atom.